The summed E-state index contributed by atoms with van der Waals surface area (Å²) >= 11 is 0. The lowest BCUT2D eigenvalue weighted by Crippen LogP contribution is -3.00. The monoisotopic (exact) mass is 276 g/mol. The average molecular weight is 277 g/mol. The van der Waals surface area contributed by atoms with E-state index in [1.165, 1.54) is 0 Å². The molecule has 2 aromatic heterocycles. The summed E-state index contributed by atoms with van der Waals surface area (Å²) < 4.78 is 1.77. The first-order valence-corrected chi connectivity index (χ1v) is 5.50. The highest BCUT2D eigenvalue weighted by Crippen LogP contribution is 1.89. The van der Waals surface area contributed by atoms with E-state index in [0.29, 0.717) is 0 Å². The third-order valence-corrected chi connectivity index (χ3v) is 2.19. The number of amides is 1. The molecular weight excluding hydrogens is 264 g/mol. The van der Waals surface area contributed by atoms with Crippen molar-refractivity contribution >= 4 is 12.1 Å². The Hall–Kier alpha value is -2.27. The zero-order chi connectivity index (χ0) is 12.6. The van der Waals surface area contributed by atoms with E-state index in [4.69, 9.17) is 0 Å². The molecule has 0 saturated carbocycles. The lowest BCUT2D eigenvalue weighted by atomic mass is 10.3. The van der Waals surface area contributed by atoms with Crippen LogP contribution >= 0.6 is 0 Å². The molecule has 0 saturated heterocycles. The predicted octanol–water partition coefficient (Wildman–Crippen LogP) is -2.48. The molecule has 6 heteroatoms. The number of carbonyl (C=O) groups excluding carboxylic acids is 1. The van der Waals surface area contributed by atoms with Gasteiger partial charge in [0, 0.05) is 30.1 Å². The number of pyridine rings is 2. The first kappa shape index (κ1) is 14.8. The van der Waals surface area contributed by atoms with Crippen LogP contribution in [0.1, 0.15) is 5.56 Å². The van der Waals surface area contributed by atoms with E-state index in [0.717, 1.165) is 5.56 Å². The van der Waals surface area contributed by atoms with E-state index in [1.54, 1.807) is 23.2 Å². The van der Waals surface area contributed by atoms with Crippen molar-refractivity contribution in [2.24, 2.45) is 5.10 Å². The molecule has 0 aliphatic carbocycles. The van der Waals surface area contributed by atoms with Crippen molar-refractivity contribution < 1.29 is 21.8 Å². The first-order chi connectivity index (χ1) is 8.84. The molecule has 0 bridgehead atoms. The van der Waals surface area contributed by atoms with Crippen LogP contribution in [0.3, 0.4) is 0 Å². The van der Waals surface area contributed by atoms with Crippen molar-refractivity contribution in [2.45, 2.75) is 6.54 Å². The molecule has 0 fully saturated rings. The van der Waals surface area contributed by atoms with Gasteiger partial charge in [-0.2, -0.15) is 9.67 Å². The maximum Gasteiger partial charge on any atom is 0.305 e. The van der Waals surface area contributed by atoms with Crippen molar-refractivity contribution in [3.8, 4) is 0 Å². The summed E-state index contributed by atoms with van der Waals surface area (Å²) in [6.07, 6.45) is 8.55. The van der Waals surface area contributed by atoms with Gasteiger partial charge in [0.15, 0.2) is 12.4 Å². The quantitative estimate of drug-likeness (QED) is 0.382. The van der Waals surface area contributed by atoms with Crippen molar-refractivity contribution in [2.75, 3.05) is 0 Å². The predicted molar refractivity (Wildman–Crippen MR) is 66.6 cm³/mol. The Bertz CT molecular complexity index is 531. The average Bonchev–Trinajstić information content (AvgIpc) is 2.41. The molecule has 2 aromatic rings. The number of nitrogens with zero attached hydrogens (tertiary/aromatic N) is 3. The molecule has 19 heavy (non-hydrogen) atoms. The van der Waals surface area contributed by atoms with E-state index in [9.17, 15) is 4.79 Å². The number of hydrazone groups is 1. The van der Waals surface area contributed by atoms with Crippen molar-refractivity contribution in [1.29, 1.82) is 0 Å². The zero-order valence-electron chi connectivity index (χ0n) is 10.1. The fourth-order valence-corrected chi connectivity index (χ4v) is 1.37. The van der Waals surface area contributed by atoms with Gasteiger partial charge in [0.1, 0.15) is 0 Å². The second-order valence-corrected chi connectivity index (χ2v) is 3.63. The van der Waals surface area contributed by atoms with Crippen LogP contribution in [-0.4, -0.2) is 17.1 Å². The Kier molecular flexibility index (Phi) is 6.18. The minimum Gasteiger partial charge on any atom is -1.00 e. The van der Waals surface area contributed by atoms with Crippen LogP contribution in [-0.2, 0) is 11.3 Å². The van der Waals surface area contributed by atoms with Gasteiger partial charge in [-0.05, 0) is 6.07 Å². The van der Waals surface area contributed by atoms with Gasteiger partial charge >= 0.3 is 5.91 Å². The molecular formula is C13H13ClN4O. The van der Waals surface area contributed by atoms with Crippen molar-refractivity contribution in [3.05, 3.63) is 60.7 Å². The summed E-state index contributed by atoms with van der Waals surface area (Å²) in [6.45, 7) is 0.241. The number of rotatable bonds is 4. The molecule has 0 atom stereocenters. The lowest BCUT2D eigenvalue weighted by Gasteiger charge is -1.96. The highest BCUT2D eigenvalue weighted by molar-refractivity contribution is 5.81. The van der Waals surface area contributed by atoms with Crippen LogP contribution in [0.15, 0.2) is 60.2 Å². The van der Waals surface area contributed by atoms with E-state index >= 15 is 0 Å². The molecule has 1 N–H and O–H groups in total. The Morgan fingerprint density at radius 1 is 1.32 bits per heavy atom. The van der Waals surface area contributed by atoms with Crippen LogP contribution < -0.4 is 22.4 Å². The third-order valence-electron chi connectivity index (χ3n) is 2.19. The lowest BCUT2D eigenvalue weighted by molar-refractivity contribution is -0.684. The third kappa shape index (κ3) is 5.27. The maximum atomic E-state index is 11.5. The smallest absolute Gasteiger partial charge is 0.305 e. The highest BCUT2D eigenvalue weighted by Gasteiger charge is 2.06. The van der Waals surface area contributed by atoms with Crippen LogP contribution in [0, 0.1) is 0 Å². The van der Waals surface area contributed by atoms with E-state index in [1.807, 2.05) is 42.7 Å². The number of hydrogen-bond donors (Lipinski definition) is 1. The van der Waals surface area contributed by atoms with Crippen LogP contribution in [0.2, 0.25) is 0 Å². The molecule has 2 heterocycles. The summed E-state index contributed by atoms with van der Waals surface area (Å²) in [4.78, 5) is 15.5. The van der Waals surface area contributed by atoms with E-state index in [-0.39, 0.29) is 24.9 Å². The topological polar surface area (TPSA) is 58.2 Å². The Labute approximate surface area is 117 Å². The molecule has 0 spiro atoms. The molecule has 2 rings (SSSR count). The number of halogens is 1. The fourth-order valence-electron chi connectivity index (χ4n) is 1.37. The highest BCUT2D eigenvalue weighted by atomic mass is 35.5. The summed E-state index contributed by atoms with van der Waals surface area (Å²) in [5, 5.41) is 3.86. The zero-order valence-corrected chi connectivity index (χ0v) is 10.9. The van der Waals surface area contributed by atoms with Gasteiger partial charge in [-0.1, -0.05) is 12.1 Å². The summed E-state index contributed by atoms with van der Waals surface area (Å²) in [5.74, 6) is -0.175. The van der Waals surface area contributed by atoms with Gasteiger partial charge in [0.2, 0.25) is 6.54 Å². The number of nitrogens with one attached hydrogen (secondary N) is 1. The van der Waals surface area contributed by atoms with Crippen molar-refractivity contribution in [1.82, 2.24) is 10.4 Å². The minimum absolute atomic E-state index is 0. The van der Waals surface area contributed by atoms with Gasteiger partial charge in [0.25, 0.3) is 0 Å². The molecule has 0 radical (unpaired) electrons. The maximum absolute atomic E-state index is 11.5. The Morgan fingerprint density at radius 3 is 2.79 bits per heavy atom. The Morgan fingerprint density at radius 2 is 2.11 bits per heavy atom. The molecule has 0 aliphatic heterocycles. The summed E-state index contributed by atoms with van der Waals surface area (Å²) in [7, 11) is 0. The van der Waals surface area contributed by atoms with Crippen molar-refractivity contribution in [3.63, 3.8) is 0 Å². The summed E-state index contributed by atoms with van der Waals surface area (Å²) in [6, 6.07) is 9.30. The van der Waals surface area contributed by atoms with Gasteiger partial charge in [-0.15, -0.1) is 0 Å². The Balaban J connectivity index is 0.00000180. The molecule has 5 nitrogen and oxygen atoms in total. The number of carbonyl (C=O) groups is 1. The second-order valence-electron chi connectivity index (χ2n) is 3.63. The molecule has 1 amide bonds. The first-order valence-electron chi connectivity index (χ1n) is 5.50. The molecule has 0 aliphatic rings. The van der Waals surface area contributed by atoms with Gasteiger partial charge in [0.05, 0.1) is 6.21 Å². The summed E-state index contributed by atoms with van der Waals surface area (Å²) in [5.41, 5.74) is 3.30. The second kappa shape index (κ2) is 7.94. The molecule has 98 valence electrons. The van der Waals surface area contributed by atoms with E-state index < -0.39 is 0 Å². The fraction of sp³-hybridized carbons (Fsp3) is 0.0769. The van der Waals surface area contributed by atoms with Crippen LogP contribution in [0.25, 0.3) is 0 Å². The standard InChI is InChI=1S/C13H12N4O.ClH/c18-13(11-17-7-2-1-3-8-17)16-15-10-12-5-4-6-14-9-12;/h1-10H,11H2;1H. The SMILES string of the molecule is O=C(C[n+]1ccccc1)NN=Cc1cccnc1.[Cl-]. The van der Waals surface area contributed by atoms with Gasteiger partial charge in [-0.3, -0.25) is 9.78 Å². The van der Waals surface area contributed by atoms with E-state index in [2.05, 4.69) is 15.5 Å². The normalized spacial score (nSPS) is 9.89. The molecule has 0 unspecified atom stereocenters. The minimum atomic E-state index is -0.175. The van der Waals surface area contributed by atoms with Crippen LogP contribution in [0.4, 0.5) is 0 Å². The largest absolute Gasteiger partial charge is 1.00 e. The number of hydrogen-bond acceptors (Lipinski definition) is 3. The molecule has 0 aromatic carbocycles. The van der Waals surface area contributed by atoms with Gasteiger partial charge in [-0.25, -0.2) is 5.43 Å². The van der Waals surface area contributed by atoms with Crippen LogP contribution in [0.5, 0.6) is 0 Å². The van der Waals surface area contributed by atoms with Gasteiger partial charge < -0.3 is 12.4 Å². The number of aromatic nitrogens is 2.